The van der Waals surface area contributed by atoms with E-state index < -0.39 is 23.8 Å². The molecule has 1 aromatic rings. The van der Waals surface area contributed by atoms with E-state index in [4.69, 9.17) is 0 Å². The molecule has 0 spiro atoms. The van der Waals surface area contributed by atoms with Gasteiger partial charge in [0.25, 0.3) is 11.8 Å². The van der Waals surface area contributed by atoms with Gasteiger partial charge in [-0.05, 0) is 81.8 Å². The summed E-state index contributed by atoms with van der Waals surface area (Å²) < 4.78 is 0. The molecule has 1 unspecified atom stereocenters. The lowest BCUT2D eigenvalue weighted by atomic mass is 9.82. The molecule has 1 saturated carbocycles. The fourth-order valence-corrected chi connectivity index (χ4v) is 4.98. The van der Waals surface area contributed by atoms with Crippen molar-refractivity contribution in [1.82, 2.24) is 20.9 Å². The van der Waals surface area contributed by atoms with Crippen LogP contribution in [0.25, 0.3) is 0 Å². The minimum atomic E-state index is -0.926. The van der Waals surface area contributed by atoms with E-state index in [2.05, 4.69) is 16.0 Å². The molecule has 0 bridgehead atoms. The van der Waals surface area contributed by atoms with E-state index in [1.807, 2.05) is 13.1 Å². The lowest BCUT2D eigenvalue weighted by Gasteiger charge is -2.28. The zero-order chi connectivity index (χ0) is 22.0. The summed E-state index contributed by atoms with van der Waals surface area (Å²) in [6, 6.07) is 4.35. The smallest absolute Gasteiger partial charge is 0.262 e. The number of fused-ring (bicyclic) bond motifs is 1. The van der Waals surface area contributed by atoms with Gasteiger partial charge in [-0.25, -0.2) is 0 Å². The first-order valence-electron chi connectivity index (χ1n) is 11.2. The Labute approximate surface area is 182 Å². The summed E-state index contributed by atoms with van der Waals surface area (Å²) in [5.74, 6) is -0.423. The van der Waals surface area contributed by atoms with E-state index in [9.17, 15) is 19.2 Å². The lowest BCUT2D eigenvalue weighted by Crippen LogP contribution is -2.54. The fourth-order valence-electron chi connectivity index (χ4n) is 4.98. The van der Waals surface area contributed by atoms with Crippen molar-refractivity contribution in [1.29, 1.82) is 0 Å². The molecule has 2 fully saturated rings. The molecule has 31 heavy (non-hydrogen) atoms. The molecule has 2 aliphatic heterocycles. The molecule has 0 aromatic heterocycles. The molecule has 4 amide bonds. The zero-order valence-corrected chi connectivity index (χ0v) is 17.9. The Hall–Kier alpha value is -2.58. The van der Waals surface area contributed by atoms with E-state index in [1.54, 1.807) is 12.1 Å². The normalized spacial score (nSPS) is 26.2. The second-order valence-electron chi connectivity index (χ2n) is 8.90. The molecule has 2 heterocycles. The van der Waals surface area contributed by atoms with Gasteiger partial charge in [-0.2, -0.15) is 0 Å². The Morgan fingerprint density at radius 2 is 1.61 bits per heavy atom. The number of benzene rings is 1. The van der Waals surface area contributed by atoms with Crippen LogP contribution in [0.1, 0.15) is 64.8 Å². The monoisotopic (exact) mass is 426 g/mol. The van der Waals surface area contributed by atoms with Gasteiger partial charge in [-0.3, -0.25) is 29.4 Å². The Balaban J connectivity index is 1.34. The first kappa shape index (κ1) is 21.6. The molecule has 1 atom stereocenters. The highest BCUT2D eigenvalue weighted by atomic mass is 16.2. The Morgan fingerprint density at radius 3 is 2.29 bits per heavy atom. The quantitative estimate of drug-likeness (QED) is 0.566. The first-order valence-corrected chi connectivity index (χ1v) is 11.2. The topological polar surface area (TPSA) is 108 Å². The molecule has 4 rings (SSSR count). The largest absolute Gasteiger partial charge is 0.319 e. The number of nitrogens with zero attached hydrogens (tertiary/aromatic N) is 1. The molecule has 3 aliphatic rings. The standard InChI is InChI=1S/C23H30N4O4/c1-24-11-14-2-4-15(5-3-14)12-25-13-16-6-7-17-18(10-16)23(31)27(22(17)30)19-8-9-20(28)26-21(19)29/h6-7,10,14-15,19,24-25H,2-5,8-9,11-13H2,1H3,(H,26,28,29). The maximum absolute atomic E-state index is 12.9. The molecular weight excluding hydrogens is 396 g/mol. The zero-order valence-electron chi connectivity index (χ0n) is 17.9. The molecule has 0 radical (unpaired) electrons. The second kappa shape index (κ2) is 9.28. The van der Waals surface area contributed by atoms with E-state index in [-0.39, 0.29) is 18.7 Å². The highest BCUT2D eigenvalue weighted by Crippen LogP contribution is 2.29. The third kappa shape index (κ3) is 4.55. The molecule has 1 aromatic carbocycles. The highest BCUT2D eigenvalue weighted by Gasteiger charge is 2.44. The Bertz CT molecular complexity index is 892. The maximum atomic E-state index is 12.9. The van der Waals surface area contributed by atoms with Crippen LogP contribution in [-0.4, -0.2) is 54.7 Å². The summed E-state index contributed by atoms with van der Waals surface area (Å²) in [6.45, 7) is 2.67. The Kier molecular flexibility index (Phi) is 6.48. The number of nitrogens with one attached hydrogen (secondary N) is 3. The molecule has 1 aliphatic carbocycles. The van der Waals surface area contributed by atoms with Crippen LogP contribution < -0.4 is 16.0 Å². The average molecular weight is 427 g/mol. The summed E-state index contributed by atoms with van der Waals surface area (Å²) in [6.07, 6.45) is 5.28. The highest BCUT2D eigenvalue weighted by molar-refractivity contribution is 6.23. The number of hydrogen-bond donors (Lipinski definition) is 3. The molecule has 8 heteroatoms. The third-order valence-corrected chi connectivity index (χ3v) is 6.73. The van der Waals surface area contributed by atoms with E-state index in [0.29, 0.717) is 23.6 Å². The van der Waals surface area contributed by atoms with Crippen molar-refractivity contribution in [3.63, 3.8) is 0 Å². The average Bonchev–Trinajstić information content (AvgIpc) is 3.00. The molecule has 166 valence electrons. The number of amides is 4. The van der Waals surface area contributed by atoms with Crippen molar-refractivity contribution in [2.24, 2.45) is 11.8 Å². The van der Waals surface area contributed by atoms with Gasteiger partial charge in [0.05, 0.1) is 11.1 Å². The number of carbonyl (C=O) groups excluding carboxylic acids is 4. The van der Waals surface area contributed by atoms with Crippen LogP contribution in [-0.2, 0) is 16.1 Å². The van der Waals surface area contributed by atoms with Crippen LogP contribution in [0.5, 0.6) is 0 Å². The third-order valence-electron chi connectivity index (χ3n) is 6.73. The van der Waals surface area contributed by atoms with Gasteiger partial charge < -0.3 is 10.6 Å². The van der Waals surface area contributed by atoms with Gasteiger partial charge >= 0.3 is 0 Å². The van der Waals surface area contributed by atoms with Crippen LogP contribution in [0.2, 0.25) is 0 Å². The lowest BCUT2D eigenvalue weighted by molar-refractivity contribution is -0.136. The van der Waals surface area contributed by atoms with Gasteiger partial charge in [0, 0.05) is 13.0 Å². The number of rotatable bonds is 7. The predicted molar refractivity (Wildman–Crippen MR) is 114 cm³/mol. The Morgan fingerprint density at radius 1 is 0.935 bits per heavy atom. The summed E-state index contributed by atoms with van der Waals surface area (Å²) in [5, 5.41) is 8.98. The summed E-state index contributed by atoms with van der Waals surface area (Å²) in [7, 11) is 2.01. The van der Waals surface area contributed by atoms with E-state index >= 15 is 0 Å². The van der Waals surface area contributed by atoms with Crippen LogP contribution >= 0.6 is 0 Å². The SMILES string of the molecule is CNCC1CCC(CNCc2ccc3c(c2)C(=O)N(C2CCC(=O)NC2=O)C3=O)CC1. The number of imide groups is 2. The van der Waals surface area contributed by atoms with Gasteiger partial charge in [0.15, 0.2) is 0 Å². The van der Waals surface area contributed by atoms with E-state index in [0.717, 1.165) is 29.5 Å². The van der Waals surface area contributed by atoms with Crippen molar-refractivity contribution in [2.45, 2.75) is 51.1 Å². The first-order chi connectivity index (χ1) is 15.0. The second-order valence-corrected chi connectivity index (χ2v) is 8.90. The molecular formula is C23H30N4O4. The fraction of sp³-hybridized carbons (Fsp3) is 0.565. The van der Waals surface area contributed by atoms with Crippen molar-refractivity contribution in [3.05, 3.63) is 34.9 Å². The maximum Gasteiger partial charge on any atom is 0.262 e. The van der Waals surface area contributed by atoms with Crippen LogP contribution in [0.3, 0.4) is 0 Å². The summed E-state index contributed by atoms with van der Waals surface area (Å²) in [4.78, 5) is 50.2. The van der Waals surface area contributed by atoms with Gasteiger partial charge in [0.2, 0.25) is 11.8 Å². The van der Waals surface area contributed by atoms with Crippen LogP contribution in [0, 0.1) is 11.8 Å². The van der Waals surface area contributed by atoms with Crippen molar-refractivity contribution in [2.75, 3.05) is 20.1 Å². The van der Waals surface area contributed by atoms with Crippen LogP contribution in [0.15, 0.2) is 18.2 Å². The number of piperidine rings is 1. The van der Waals surface area contributed by atoms with Crippen molar-refractivity contribution < 1.29 is 19.2 Å². The number of carbonyl (C=O) groups is 4. The van der Waals surface area contributed by atoms with E-state index in [1.165, 1.54) is 25.7 Å². The molecule has 3 N–H and O–H groups in total. The van der Waals surface area contributed by atoms with Crippen molar-refractivity contribution in [3.8, 4) is 0 Å². The summed E-state index contributed by atoms with van der Waals surface area (Å²) in [5.41, 5.74) is 1.59. The minimum Gasteiger partial charge on any atom is -0.319 e. The minimum absolute atomic E-state index is 0.121. The molecule has 8 nitrogen and oxygen atoms in total. The van der Waals surface area contributed by atoms with Gasteiger partial charge in [-0.1, -0.05) is 6.07 Å². The number of hydrogen-bond acceptors (Lipinski definition) is 6. The summed E-state index contributed by atoms with van der Waals surface area (Å²) >= 11 is 0. The van der Waals surface area contributed by atoms with Crippen LogP contribution in [0.4, 0.5) is 0 Å². The predicted octanol–water partition coefficient (Wildman–Crippen LogP) is 1.20. The van der Waals surface area contributed by atoms with Gasteiger partial charge in [-0.15, -0.1) is 0 Å². The molecule has 1 saturated heterocycles. The van der Waals surface area contributed by atoms with Gasteiger partial charge in [0.1, 0.15) is 6.04 Å². The van der Waals surface area contributed by atoms with Crippen molar-refractivity contribution >= 4 is 23.6 Å².